The van der Waals surface area contributed by atoms with Gasteiger partial charge in [0.05, 0.1) is 16.6 Å². The molecule has 1 saturated carbocycles. The Hall–Kier alpha value is -2.03. The summed E-state index contributed by atoms with van der Waals surface area (Å²) in [6.07, 6.45) is 1.83. The molecule has 0 saturated heterocycles. The number of nitrogens with one attached hydrogen (secondary N) is 1. The lowest BCUT2D eigenvalue weighted by Crippen LogP contribution is -2.52. The molecule has 118 valence electrons. The van der Waals surface area contributed by atoms with Gasteiger partial charge in [0.1, 0.15) is 15.8 Å². The third-order valence-electron chi connectivity index (χ3n) is 3.68. The highest BCUT2D eigenvalue weighted by atomic mass is 79.9. The van der Waals surface area contributed by atoms with E-state index in [-0.39, 0.29) is 22.9 Å². The van der Waals surface area contributed by atoms with Crippen LogP contribution in [0.1, 0.15) is 36.0 Å². The Balaban J connectivity index is 2.38. The van der Waals surface area contributed by atoms with Crippen LogP contribution in [-0.2, 0) is 4.79 Å². The second-order valence-corrected chi connectivity index (χ2v) is 5.89. The van der Waals surface area contributed by atoms with Crippen LogP contribution in [0.4, 0.5) is 10.1 Å². The minimum absolute atomic E-state index is 0.185. The number of benzene rings is 1. The Kier molecular flexibility index (Phi) is 4.45. The maximum absolute atomic E-state index is 13.5. The molecule has 22 heavy (non-hydrogen) atoms. The van der Waals surface area contributed by atoms with Gasteiger partial charge in [-0.2, -0.15) is 0 Å². The number of rotatable bonds is 4. The molecule has 9 heteroatoms. The molecule has 1 amide bonds. The Bertz CT molecular complexity index is 658. The van der Waals surface area contributed by atoms with Gasteiger partial charge >= 0.3 is 5.97 Å². The number of hydrogen-bond donors (Lipinski definition) is 2. The number of carboxylic acid groups (broad SMARTS) is 1. The summed E-state index contributed by atoms with van der Waals surface area (Å²) in [5.41, 5.74) is -2.31. The van der Waals surface area contributed by atoms with E-state index < -0.39 is 33.8 Å². The quantitative estimate of drug-likeness (QED) is 0.621. The van der Waals surface area contributed by atoms with Crippen LogP contribution in [0.25, 0.3) is 0 Å². The number of carboxylic acids is 1. The van der Waals surface area contributed by atoms with Crippen molar-refractivity contribution in [2.75, 3.05) is 0 Å². The maximum atomic E-state index is 13.5. The molecule has 1 fully saturated rings. The second kappa shape index (κ2) is 5.99. The van der Waals surface area contributed by atoms with Crippen molar-refractivity contribution in [2.24, 2.45) is 0 Å². The topological polar surface area (TPSA) is 110 Å². The van der Waals surface area contributed by atoms with Crippen molar-refractivity contribution in [3.63, 3.8) is 0 Å². The van der Waals surface area contributed by atoms with Crippen LogP contribution in [0.5, 0.6) is 0 Å². The average Bonchev–Trinajstić information content (AvgIpc) is 2.90. The number of halogens is 2. The molecule has 2 rings (SSSR count). The number of hydrogen-bond acceptors (Lipinski definition) is 4. The molecule has 0 spiro atoms. The lowest BCUT2D eigenvalue weighted by molar-refractivity contribution is -0.385. The number of nitro benzene ring substituents is 1. The van der Waals surface area contributed by atoms with E-state index >= 15 is 0 Å². The van der Waals surface area contributed by atoms with Crippen LogP contribution in [-0.4, -0.2) is 27.4 Å². The van der Waals surface area contributed by atoms with Crippen LogP contribution < -0.4 is 5.32 Å². The van der Waals surface area contributed by atoms with E-state index in [4.69, 9.17) is 0 Å². The molecule has 1 aromatic rings. The van der Waals surface area contributed by atoms with Gasteiger partial charge < -0.3 is 10.4 Å². The minimum atomic E-state index is -1.41. The average molecular weight is 375 g/mol. The van der Waals surface area contributed by atoms with E-state index in [2.05, 4.69) is 21.2 Å². The first-order valence-corrected chi connectivity index (χ1v) is 7.25. The van der Waals surface area contributed by atoms with Crippen molar-refractivity contribution >= 4 is 33.5 Å². The Morgan fingerprint density at radius 1 is 1.36 bits per heavy atom. The van der Waals surface area contributed by atoms with Gasteiger partial charge in [-0.1, -0.05) is 12.8 Å². The standard InChI is InChI=1S/C13H12BrFN2O5/c14-10-8(5-7(15)6-9(10)17(21)22)11(18)16-13(12(19)20)3-1-2-4-13/h5-6H,1-4H2,(H,16,18)(H,19,20). The van der Waals surface area contributed by atoms with Crippen molar-refractivity contribution in [1.82, 2.24) is 5.32 Å². The van der Waals surface area contributed by atoms with Gasteiger partial charge in [0.2, 0.25) is 0 Å². The fourth-order valence-electron chi connectivity index (χ4n) is 2.53. The summed E-state index contributed by atoms with van der Waals surface area (Å²) < 4.78 is 13.3. The normalized spacial score (nSPS) is 16.3. The van der Waals surface area contributed by atoms with Gasteiger partial charge in [0, 0.05) is 0 Å². The number of carbonyl (C=O) groups is 2. The smallest absolute Gasteiger partial charge is 0.329 e. The number of carbonyl (C=O) groups excluding carboxylic acids is 1. The van der Waals surface area contributed by atoms with Crippen LogP contribution in [0.3, 0.4) is 0 Å². The number of nitrogens with zero attached hydrogens (tertiary/aromatic N) is 1. The zero-order valence-electron chi connectivity index (χ0n) is 11.3. The highest BCUT2D eigenvalue weighted by Gasteiger charge is 2.43. The van der Waals surface area contributed by atoms with Gasteiger partial charge in [-0.05, 0) is 34.8 Å². The predicted molar refractivity (Wildman–Crippen MR) is 77.1 cm³/mol. The Morgan fingerprint density at radius 2 is 1.95 bits per heavy atom. The molecule has 2 N–H and O–H groups in total. The van der Waals surface area contributed by atoms with Crippen LogP contribution >= 0.6 is 15.9 Å². The van der Waals surface area contributed by atoms with Crippen LogP contribution in [0.15, 0.2) is 16.6 Å². The summed E-state index contributed by atoms with van der Waals surface area (Å²) in [4.78, 5) is 33.7. The van der Waals surface area contributed by atoms with Crippen LogP contribution in [0.2, 0.25) is 0 Å². The zero-order valence-corrected chi connectivity index (χ0v) is 12.9. The molecule has 0 aromatic heterocycles. The molecule has 7 nitrogen and oxygen atoms in total. The summed E-state index contributed by atoms with van der Waals surface area (Å²) in [6.45, 7) is 0. The van der Waals surface area contributed by atoms with Gasteiger partial charge in [-0.15, -0.1) is 0 Å². The molecular formula is C13H12BrFN2O5. The van der Waals surface area contributed by atoms with Gasteiger partial charge in [-0.25, -0.2) is 9.18 Å². The molecule has 1 aliphatic carbocycles. The number of amides is 1. The third kappa shape index (κ3) is 2.94. The van der Waals surface area contributed by atoms with Gasteiger partial charge in [-0.3, -0.25) is 14.9 Å². The highest BCUT2D eigenvalue weighted by molar-refractivity contribution is 9.10. The van der Waals surface area contributed by atoms with E-state index in [1.807, 2.05) is 0 Å². The fourth-order valence-corrected chi connectivity index (χ4v) is 3.08. The molecule has 0 bridgehead atoms. The zero-order chi connectivity index (χ0) is 16.5. The second-order valence-electron chi connectivity index (χ2n) is 5.09. The first kappa shape index (κ1) is 16.3. The lowest BCUT2D eigenvalue weighted by Gasteiger charge is -2.25. The predicted octanol–water partition coefficient (Wildman–Crippen LogP) is 2.62. The monoisotopic (exact) mass is 374 g/mol. The summed E-state index contributed by atoms with van der Waals surface area (Å²) in [5, 5.41) is 22.5. The van der Waals surface area contributed by atoms with Crippen molar-refractivity contribution in [3.8, 4) is 0 Å². The van der Waals surface area contributed by atoms with E-state index in [1.54, 1.807) is 0 Å². The Labute approximate surface area is 132 Å². The van der Waals surface area contributed by atoms with Gasteiger partial charge in [0.15, 0.2) is 0 Å². The van der Waals surface area contributed by atoms with E-state index in [9.17, 15) is 29.2 Å². The molecule has 0 atom stereocenters. The summed E-state index contributed by atoms with van der Waals surface area (Å²) in [6, 6.07) is 1.51. The van der Waals surface area contributed by atoms with Gasteiger partial charge in [0.25, 0.3) is 11.6 Å². The minimum Gasteiger partial charge on any atom is -0.480 e. The molecule has 0 radical (unpaired) electrons. The third-order valence-corrected chi connectivity index (χ3v) is 4.51. The SMILES string of the molecule is O=C(NC1(C(=O)O)CCCC1)c1cc(F)cc([N+](=O)[O-])c1Br. The Morgan fingerprint density at radius 3 is 2.45 bits per heavy atom. The molecule has 1 aliphatic rings. The maximum Gasteiger partial charge on any atom is 0.329 e. The van der Waals surface area contributed by atoms with E-state index in [0.717, 1.165) is 6.07 Å². The molecule has 0 unspecified atom stereocenters. The van der Waals surface area contributed by atoms with Crippen LogP contribution in [0, 0.1) is 15.9 Å². The lowest BCUT2D eigenvalue weighted by atomic mass is 9.97. The summed E-state index contributed by atoms with van der Waals surface area (Å²) in [7, 11) is 0. The van der Waals surface area contributed by atoms with Crippen molar-refractivity contribution in [1.29, 1.82) is 0 Å². The van der Waals surface area contributed by atoms with E-state index in [0.29, 0.717) is 18.9 Å². The summed E-state index contributed by atoms with van der Waals surface area (Å²) >= 11 is 2.90. The largest absolute Gasteiger partial charge is 0.480 e. The molecular weight excluding hydrogens is 363 g/mol. The highest BCUT2D eigenvalue weighted by Crippen LogP contribution is 2.33. The molecule has 0 aliphatic heterocycles. The van der Waals surface area contributed by atoms with Crippen molar-refractivity contribution in [2.45, 2.75) is 31.2 Å². The first-order chi connectivity index (χ1) is 10.3. The van der Waals surface area contributed by atoms with E-state index in [1.165, 1.54) is 0 Å². The first-order valence-electron chi connectivity index (χ1n) is 6.46. The number of aliphatic carboxylic acids is 1. The van der Waals surface area contributed by atoms with Crippen molar-refractivity contribution < 1.29 is 24.0 Å². The van der Waals surface area contributed by atoms with Crippen molar-refractivity contribution in [3.05, 3.63) is 38.1 Å². The number of nitro groups is 1. The molecule has 0 heterocycles. The molecule has 1 aromatic carbocycles. The fraction of sp³-hybridized carbons (Fsp3) is 0.385. The summed E-state index contributed by atoms with van der Waals surface area (Å²) in [5.74, 6) is -2.98.